The Kier molecular flexibility index (Phi) is 6.26. The molecule has 0 aliphatic carbocycles. The van der Waals surface area contributed by atoms with Crippen LogP contribution in [0.3, 0.4) is 0 Å². The normalized spacial score (nSPS) is 36.7. The van der Waals surface area contributed by atoms with Crippen molar-refractivity contribution in [3.63, 3.8) is 0 Å². The van der Waals surface area contributed by atoms with Crippen LogP contribution in [0.5, 0.6) is 0 Å². The first-order chi connectivity index (χ1) is 13.6. The third-order valence-corrected chi connectivity index (χ3v) is 8.81. The molecule has 0 aromatic rings. The molecule has 0 radical (unpaired) electrons. The van der Waals surface area contributed by atoms with E-state index in [0.29, 0.717) is 0 Å². The van der Waals surface area contributed by atoms with E-state index in [1.54, 1.807) is 23.6 Å². The lowest BCUT2D eigenvalue weighted by Gasteiger charge is -2.41. The molecule has 3 unspecified atom stereocenters. The zero-order valence-electron chi connectivity index (χ0n) is 18.2. The summed E-state index contributed by atoms with van der Waals surface area (Å²) in [6, 6.07) is -1.24. The highest BCUT2D eigenvalue weighted by atomic mass is 32.2. The number of amides is 2. The number of thioether (sulfide) groups is 1. The number of nitrogens with zero attached hydrogens (tertiary/aromatic N) is 1. The highest BCUT2D eigenvalue weighted by Gasteiger charge is 2.76. The molecule has 2 amide bonds. The molecular formula is C21H34N2O5S. The van der Waals surface area contributed by atoms with Gasteiger partial charge in [-0.3, -0.25) is 14.4 Å². The van der Waals surface area contributed by atoms with Crippen molar-refractivity contribution in [3.8, 4) is 0 Å². The number of hydrogen-bond donors (Lipinski definition) is 2. The van der Waals surface area contributed by atoms with E-state index >= 15 is 0 Å². The highest BCUT2D eigenvalue weighted by Crippen LogP contribution is 2.69. The molecule has 3 aliphatic rings. The van der Waals surface area contributed by atoms with Gasteiger partial charge in [-0.2, -0.15) is 0 Å². The predicted molar refractivity (Wildman–Crippen MR) is 111 cm³/mol. The molecule has 3 heterocycles. The van der Waals surface area contributed by atoms with Gasteiger partial charge in [-0.15, -0.1) is 11.8 Å². The molecule has 164 valence electrons. The second-order valence-corrected chi connectivity index (χ2v) is 10.8. The molecule has 8 heteroatoms. The van der Waals surface area contributed by atoms with Crippen LogP contribution in [0.2, 0.25) is 0 Å². The van der Waals surface area contributed by atoms with Crippen LogP contribution in [-0.2, 0) is 19.1 Å². The highest BCUT2D eigenvalue weighted by molar-refractivity contribution is 8.02. The maximum atomic E-state index is 13.8. The van der Waals surface area contributed by atoms with Gasteiger partial charge in [0, 0.05) is 11.3 Å². The molecular weight excluding hydrogens is 392 g/mol. The lowest BCUT2D eigenvalue weighted by Crippen LogP contribution is -2.60. The van der Waals surface area contributed by atoms with Gasteiger partial charge < -0.3 is 20.1 Å². The standard InChI is InChI=1S/C21H34N2O5S/c1-7-28-20(27)15-14-8-12(6)21(29-14)16(15)19(26)23(13(9-24)10(2)3)17(21)18(25)22-11(4)5/h10-17,24H,7-9H2,1-6H3,(H,22,25)/t12?,13-,14+,15-,16-,17?,21?/m0/s1. The van der Waals surface area contributed by atoms with E-state index in [4.69, 9.17) is 4.74 Å². The zero-order chi connectivity index (χ0) is 21.7. The Balaban J connectivity index is 2.11. The molecule has 2 bridgehead atoms. The van der Waals surface area contributed by atoms with Crippen LogP contribution >= 0.6 is 11.8 Å². The van der Waals surface area contributed by atoms with Crippen LogP contribution in [0.4, 0.5) is 0 Å². The van der Waals surface area contributed by atoms with Crippen molar-refractivity contribution < 1.29 is 24.2 Å². The molecule has 3 aliphatic heterocycles. The predicted octanol–water partition coefficient (Wildman–Crippen LogP) is 1.43. The van der Waals surface area contributed by atoms with Gasteiger partial charge >= 0.3 is 5.97 Å². The smallest absolute Gasteiger partial charge is 0.310 e. The van der Waals surface area contributed by atoms with E-state index in [2.05, 4.69) is 12.2 Å². The van der Waals surface area contributed by atoms with Crippen molar-refractivity contribution >= 4 is 29.5 Å². The number of nitrogens with one attached hydrogen (secondary N) is 1. The van der Waals surface area contributed by atoms with Crippen molar-refractivity contribution in [2.75, 3.05) is 13.2 Å². The molecule has 7 atom stereocenters. The van der Waals surface area contributed by atoms with Crippen LogP contribution in [0.25, 0.3) is 0 Å². The van der Waals surface area contributed by atoms with E-state index in [9.17, 15) is 19.5 Å². The van der Waals surface area contributed by atoms with Crippen molar-refractivity contribution in [1.29, 1.82) is 0 Å². The summed E-state index contributed by atoms with van der Waals surface area (Å²) in [6.07, 6.45) is 0.780. The fraction of sp³-hybridized carbons (Fsp3) is 0.857. The molecule has 2 N–H and O–H groups in total. The minimum absolute atomic E-state index is 0.0128. The number of esters is 1. The average molecular weight is 427 g/mol. The first-order valence-corrected chi connectivity index (χ1v) is 11.6. The van der Waals surface area contributed by atoms with Crippen molar-refractivity contribution in [3.05, 3.63) is 0 Å². The Bertz CT molecular complexity index is 684. The average Bonchev–Trinajstić information content (AvgIpc) is 3.19. The number of likely N-dealkylation sites (tertiary alicyclic amines) is 1. The third-order valence-electron chi connectivity index (χ3n) is 6.74. The van der Waals surface area contributed by atoms with E-state index < -0.39 is 28.7 Å². The number of hydrogen-bond acceptors (Lipinski definition) is 6. The van der Waals surface area contributed by atoms with E-state index in [1.165, 1.54) is 0 Å². The summed E-state index contributed by atoms with van der Waals surface area (Å²) in [6.45, 7) is 11.6. The molecule has 3 saturated heterocycles. The van der Waals surface area contributed by atoms with Gasteiger partial charge in [-0.25, -0.2) is 0 Å². The van der Waals surface area contributed by atoms with Crippen LogP contribution in [0, 0.1) is 23.7 Å². The molecule has 0 saturated carbocycles. The summed E-state index contributed by atoms with van der Waals surface area (Å²) in [4.78, 5) is 41.6. The summed E-state index contributed by atoms with van der Waals surface area (Å²) < 4.78 is 4.66. The molecule has 29 heavy (non-hydrogen) atoms. The van der Waals surface area contributed by atoms with Crippen molar-refractivity contribution in [2.45, 2.75) is 76.1 Å². The van der Waals surface area contributed by atoms with Gasteiger partial charge in [0.05, 0.1) is 35.8 Å². The minimum Gasteiger partial charge on any atom is -0.466 e. The Labute approximate surface area is 177 Å². The number of carbonyl (C=O) groups excluding carboxylic acids is 3. The Morgan fingerprint density at radius 2 is 2.00 bits per heavy atom. The van der Waals surface area contributed by atoms with Crippen molar-refractivity contribution in [1.82, 2.24) is 10.2 Å². The number of aliphatic hydroxyl groups is 1. The molecule has 1 spiro atoms. The molecule has 0 aromatic carbocycles. The SMILES string of the molecule is CCOC(=O)[C@@H]1[C@H]2C(=O)N([C@@H](CO)C(C)C)C(C(=O)NC(C)C)C23S[C@@H]1CC3C. The van der Waals surface area contributed by atoms with Gasteiger partial charge in [0.15, 0.2) is 0 Å². The van der Waals surface area contributed by atoms with Gasteiger partial charge in [0.1, 0.15) is 6.04 Å². The number of fused-ring (bicyclic) bond motifs is 1. The maximum absolute atomic E-state index is 13.8. The summed E-state index contributed by atoms with van der Waals surface area (Å²) in [5.74, 6) is -1.76. The summed E-state index contributed by atoms with van der Waals surface area (Å²) in [5.41, 5.74) is 0. The first-order valence-electron chi connectivity index (χ1n) is 10.7. The van der Waals surface area contributed by atoms with Crippen molar-refractivity contribution in [2.24, 2.45) is 23.7 Å². The van der Waals surface area contributed by atoms with Gasteiger partial charge in [-0.1, -0.05) is 20.8 Å². The Morgan fingerprint density at radius 3 is 2.52 bits per heavy atom. The molecule has 3 fully saturated rings. The zero-order valence-corrected chi connectivity index (χ0v) is 19.0. The molecule has 7 nitrogen and oxygen atoms in total. The monoisotopic (exact) mass is 426 g/mol. The van der Waals surface area contributed by atoms with Crippen LogP contribution < -0.4 is 5.32 Å². The lowest BCUT2D eigenvalue weighted by molar-refractivity contribution is -0.154. The molecule has 0 aromatic heterocycles. The maximum Gasteiger partial charge on any atom is 0.310 e. The minimum atomic E-state index is -0.702. The van der Waals surface area contributed by atoms with Gasteiger partial charge in [0.25, 0.3) is 0 Å². The van der Waals surface area contributed by atoms with Crippen LogP contribution in [0.15, 0.2) is 0 Å². The van der Waals surface area contributed by atoms with Crippen LogP contribution in [-0.4, -0.2) is 69.1 Å². The quantitative estimate of drug-likeness (QED) is 0.598. The fourth-order valence-corrected chi connectivity index (χ4v) is 8.00. The van der Waals surface area contributed by atoms with E-state index in [-0.39, 0.29) is 54.1 Å². The molecule has 3 rings (SSSR count). The van der Waals surface area contributed by atoms with Gasteiger partial charge in [0.2, 0.25) is 11.8 Å². The number of ether oxygens (including phenoxy) is 1. The summed E-state index contributed by atoms with van der Waals surface area (Å²) >= 11 is 1.62. The number of rotatable bonds is 7. The Hall–Kier alpha value is -1.28. The van der Waals surface area contributed by atoms with Gasteiger partial charge in [-0.05, 0) is 39.0 Å². The largest absolute Gasteiger partial charge is 0.466 e. The first kappa shape index (κ1) is 22.4. The number of carbonyl (C=O) groups is 3. The number of aliphatic hydroxyl groups excluding tert-OH is 1. The third kappa shape index (κ3) is 3.26. The Morgan fingerprint density at radius 1 is 1.34 bits per heavy atom. The summed E-state index contributed by atoms with van der Waals surface area (Å²) in [7, 11) is 0. The fourth-order valence-electron chi connectivity index (χ4n) is 5.61. The lowest BCUT2D eigenvalue weighted by atomic mass is 9.66. The second-order valence-electron chi connectivity index (χ2n) is 9.21. The van der Waals surface area contributed by atoms with Crippen LogP contribution in [0.1, 0.15) is 48.0 Å². The second kappa shape index (κ2) is 8.10. The summed E-state index contributed by atoms with van der Waals surface area (Å²) in [5, 5.41) is 13.1. The van der Waals surface area contributed by atoms with E-state index in [1.807, 2.05) is 27.7 Å². The topological polar surface area (TPSA) is 95.9 Å². The van der Waals surface area contributed by atoms with E-state index in [0.717, 1.165) is 6.42 Å².